The van der Waals surface area contributed by atoms with Gasteiger partial charge in [-0.05, 0) is 13.0 Å². The molecule has 2 N–H and O–H groups in total. The zero-order chi connectivity index (χ0) is 9.26. The van der Waals surface area contributed by atoms with Crippen LogP contribution in [-0.4, -0.2) is 14.5 Å². The average molecular weight is 176 g/mol. The molecule has 2 aromatic heterocycles. The topological polar surface area (TPSA) is 56.7 Å². The Bertz CT molecular complexity index is 418. The first-order valence-electron chi connectivity index (χ1n) is 4.36. The molecular weight excluding hydrogens is 164 g/mol. The highest BCUT2D eigenvalue weighted by Crippen LogP contribution is 2.13. The number of pyridine rings is 1. The molecule has 68 valence electrons. The second kappa shape index (κ2) is 3.14. The van der Waals surface area contributed by atoms with Gasteiger partial charge in [0.2, 0.25) is 0 Å². The van der Waals surface area contributed by atoms with Gasteiger partial charge in [0, 0.05) is 12.7 Å². The van der Waals surface area contributed by atoms with Crippen LogP contribution < -0.4 is 5.73 Å². The lowest BCUT2D eigenvalue weighted by molar-refractivity contribution is 0.717. The molecule has 2 heterocycles. The Balaban J connectivity index is 2.73. The first-order chi connectivity index (χ1) is 6.36. The van der Waals surface area contributed by atoms with Crippen molar-refractivity contribution in [1.82, 2.24) is 14.5 Å². The van der Waals surface area contributed by atoms with Crippen LogP contribution in [0.5, 0.6) is 0 Å². The highest BCUT2D eigenvalue weighted by Gasteiger charge is 2.06. The maximum atomic E-state index is 5.59. The lowest BCUT2D eigenvalue weighted by Gasteiger charge is -2.01. The Morgan fingerprint density at radius 2 is 2.38 bits per heavy atom. The first-order valence-corrected chi connectivity index (χ1v) is 4.36. The van der Waals surface area contributed by atoms with Gasteiger partial charge >= 0.3 is 0 Å². The minimum Gasteiger partial charge on any atom is -0.326 e. The van der Waals surface area contributed by atoms with E-state index in [-0.39, 0.29) is 0 Å². The number of hydrogen-bond donors (Lipinski definition) is 1. The molecule has 0 atom stereocenters. The number of imidazole rings is 1. The molecule has 0 radical (unpaired) electrons. The number of rotatable bonds is 2. The summed E-state index contributed by atoms with van der Waals surface area (Å²) in [6.45, 7) is 3.44. The quantitative estimate of drug-likeness (QED) is 0.740. The fourth-order valence-corrected chi connectivity index (χ4v) is 1.53. The summed E-state index contributed by atoms with van der Waals surface area (Å²) in [6, 6.07) is 1.90. The van der Waals surface area contributed by atoms with Gasteiger partial charge in [0.15, 0.2) is 0 Å². The molecule has 2 rings (SSSR count). The number of aryl methyl sites for hydroxylation is 1. The van der Waals surface area contributed by atoms with E-state index in [1.54, 1.807) is 6.20 Å². The maximum absolute atomic E-state index is 5.59. The van der Waals surface area contributed by atoms with Crippen molar-refractivity contribution in [3.8, 4) is 0 Å². The predicted molar refractivity (Wildman–Crippen MR) is 51.1 cm³/mol. The third-order valence-electron chi connectivity index (χ3n) is 2.13. The molecule has 0 spiro atoms. The third kappa shape index (κ3) is 1.19. The highest BCUT2D eigenvalue weighted by molar-refractivity contribution is 5.74. The zero-order valence-corrected chi connectivity index (χ0v) is 7.57. The summed E-state index contributed by atoms with van der Waals surface area (Å²) in [5, 5.41) is 0. The van der Waals surface area contributed by atoms with Crippen molar-refractivity contribution in [2.24, 2.45) is 5.73 Å². The number of fused-ring (bicyclic) bond motifs is 1. The number of nitrogens with two attached hydrogens (primary N) is 1. The molecule has 2 aromatic rings. The van der Waals surface area contributed by atoms with Crippen LogP contribution in [-0.2, 0) is 13.1 Å². The summed E-state index contributed by atoms with van der Waals surface area (Å²) in [4.78, 5) is 8.47. The van der Waals surface area contributed by atoms with Gasteiger partial charge in [0.25, 0.3) is 0 Å². The van der Waals surface area contributed by atoms with Crippen molar-refractivity contribution < 1.29 is 0 Å². The molecular formula is C9H12N4. The van der Waals surface area contributed by atoms with E-state index in [4.69, 9.17) is 5.73 Å². The minimum absolute atomic E-state index is 0.475. The molecule has 0 aliphatic heterocycles. The second-order valence-corrected chi connectivity index (χ2v) is 2.84. The maximum Gasteiger partial charge on any atom is 0.123 e. The molecule has 0 amide bonds. The lowest BCUT2D eigenvalue weighted by atomic mass is 10.4. The van der Waals surface area contributed by atoms with Crippen molar-refractivity contribution in [2.45, 2.75) is 20.0 Å². The van der Waals surface area contributed by atoms with E-state index in [1.807, 2.05) is 12.3 Å². The van der Waals surface area contributed by atoms with E-state index in [9.17, 15) is 0 Å². The van der Waals surface area contributed by atoms with E-state index >= 15 is 0 Å². The summed E-state index contributed by atoms with van der Waals surface area (Å²) in [5.41, 5.74) is 7.62. The van der Waals surface area contributed by atoms with Crippen molar-refractivity contribution in [2.75, 3.05) is 0 Å². The Kier molecular flexibility index (Phi) is 1.98. The molecule has 4 nitrogen and oxygen atoms in total. The number of nitrogens with zero attached hydrogens (tertiary/aromatic N) is 3. The highest BCUT2D eigenvalue weighted by atomic mass is 15.1. The van der Waals surface area contributed by atoms with Crippen LogP contribution in [0.2, 0.25) is 0 Å². The molecule has 0 saturated heterocycles. The van der Waals surface area contributed by atoms with Crippen LogP contribution in [0.3, 0.4) is 0 Å². The van der Waals surface area contributed by atoms with E-state index in [1.165, 1.54) is 0 Å². The van der Waals surface area contributed by atoms with Crippen molar-refractivity contribution in [1.29, 1.82) is 0 Å². The molecule has 13 heavy (non-hydrogen) atoms. The first kappa shape index (κ1) is 8.19. The van der Waals surface area contributed by atoms with Crippen LogP contribution in [0.4, 0.5) is 0 Å². The van der Waals surface area contributed by atoms with Crippen LogP contribution in [0.1, 0.15) is 12.7 Å². The minimum atomic E-state index is 0.475. The second-order valence-electron chi connectivity index (χ2n) is 2.84. The standard InChI is InChI=1S/C9H12N4/c1-2-13-8-6-11-4-3-7(8)12-9(13)5-10/h3-4,6H,2,5,10H2,1H3. The van der Waals surface area contributed by atoms with E-state index < -0.39 is 0 Å². The Hall–Kier alpha value is -1.42. The van der Waals surface area contributed by atoms with Gasteiger partial charge in [-0.1, -0.05) is 0 Å². The largest absolute Gasteiger partial charge is 0.326 e. The Labute approximate surface area is 76.4 Å². The number of aromatic nitrogens is 3. The van der Waals surface area contributed by atoms with Gasteiger partial charge in [0.05, 0.1) is 23.8 Å². The fourth-order valence-electron chi connectivity index (χ4n) is 1.53. The van der Waals surface area contributed by atoms with E-state index in [2.05, 4.69) is 21.5 Å². The van der Waals surface area contributed by atoms with Crippen molar-refractivity contribution >= 4 is 11.0 Å². The Morgan fingerprint density at radius 1 is 1.54 bits per heavy atom. The molecule has 0 saturated carbocycles. The monoisotopic (exact) mass is 176 g/mol. The summed E-state index contributed by atoms with van der Waals surface area (Å²) < 4.78 is 2.09. The summed E-state index contributed by atoms with van der Waals surface area (Å²) >= 11 is 0. The molecule has 0 bridgehead atoms. The van der Waals surface area contributed by atoms with Gasteiger partial charge < -0.3 is 10.3 Å². The van der Waals surface area contributed by atoms with Gasteiger partial charge in [-0.15, -0.1) is 0 Å². The Morgan fingerprint density at radius 3 is 3.08 bits per heavy atom. The van der Waals surface area contributed by atoms with Crippen LogP contribution in [0, 0.1) is 0 Å². The van der Waals surface area contributed by atoms with Crippen LogP contribution in [0.25, 0.3) is 11.0 Å². The SMILES string of the molecule is CCn1c(CN)nc2ccncc21. The van der Waals surface area contributed by atoms with Gasteiger partial charge in [-0.2, -0.15) is 0 Å². The predicted octanol–water partition coefficient (Wildman–Crippen LogP) is 0.910. The molecule has 0 fully saturated rings. The lowest BCUT2D eigenvalue weighted by Crippen LogP contribution is -2.06. The van der Waals surface area contributed by atoms with Gasteiger partial charge in [-0.25, -0.2) is 4.98 Å². The summed E-state index contributed by atoms with van der Waals surface area (Å²) in [5.74, 6) is 0.922. The molecule has 0 aliphatic rings. The van der Waals surface area contributed by atoms with E-state index in [0.717, 1.165) is 23.4 Å². The summed E-state index contributed by atoms with van der Waals surface area (Å²) in [6.07, 6.45) is 3.57. The molecule has 4 heteroatoms. The van der Waals surface area contributed by atoms with Crippen LogP contribution in [0.15, 0.2) is 18.5 Å². The van der Waals surface area contributed by atoms with Gasteiger partial charge in [-0.3, -0.25) is 4.98 Å². The average Bonchev–Trinajstić information content (AvgIpc) is 2.55. The number of hydrogen-bond acceptors (Lipinski definition) is 3. The smallest absolute Gasteiger partial charge is 0.123 e. The normalized spacial score (nSPS) is 10.9. The molecule has 0 unspecified atom stereocenters. The van der Waals surface area contributed by atoms with Crippen molar-refractivity contribution in [3.63, 3.8) is 0 Å². The molecule has 0 aliphatic carbocycles. The zero-order valence-electron chi connectivity index (χ0n) is 7.57. The molecule has 0 aromatic carbocycles. The van der Waals surface area contributed by atoms with Crippen molar-refractivity contribution in [3.05, 3.63) is 24.3 Å². The third-order valence-corrected chi connectivity index (χ3v) is 2.13. The van der Waals surface area contributed by atoms with Crippen LogP contribution >= 0.6 is 0 Å². The summed E-state index contributed by atoms with van der Waals surface area (Å²) in [7, 11) is 0. The van der Waals surface area contributed by atoms with Gasteiger partial charge in [0.1, 0.15) is 5.82 Å². The van der Waals surface area contributed by atoms with E-state index in [0.29, 0.717) is 6.54 Å². The fraction of sp³-hybridized carbons (Fsp3) is 0.333.